The minimum Gasteiger partial charge on any atom is -0.380 e. The maximum Gasteiger partial charge on any atom is 0.423 e. The molecule has 1 amide bonds. The fraction of sp³-hybridized carbons (Fsp3) is 0.560. The highest BCUT2D eigenvalue weighted by atomic mass is 19.4. The number of hydrogen-bond donors (Lipinski definition) is 2. The van der Waals surface area contributed by atoms with E-state index in [1.807, 2.05) is 17.0 Å². The molecule has 2 aliphatic rings. The van der Waals surface area contributed by atoms with Crippen LogP contribution in [0.1, 0.15) is 51.2 Å². The first kappa shape index (κ1) is 30.6. The molecule has 38 heavy (non-hydrogen) atoms. The molecule has 4 rings (SSSR count). The van der Waals surface area contributed by atoms with Crippen molar-refractivity contribution in [3.8, 4) is 6.07 Å². The molecule has 2 fully saturated rings. The molecule has 2 aromatic rings. The van der Waals surface area contributed by atoms with Gasteiger partial charge in [0.05, 0.1) is 23.6 Å². The Kier molecular flexibility index (Phi) is 12.0. The summed E-state index contributed by atoms with van der Waals surface area (Å²) in [7, 11) is 0. The van der Waals surface area contributed by atoms with Crippen LogP contribution in [0.5, 0.6) is 0 Å². The monoisotopic (exact) mass is 537 g/mol. The number of piperazine rings is 1. The third kappa shape index (κ3) is 9.33. The van der Waals surface area contributed by atoms with E-state index in [4.69, 9.17) is 10.00 Å². The van der Waals surface area contributed by atoms with Gasteiger partial charge in [-0.15, -0.1) is 0 Å². The van der Waals surface area contributed by atoms with E-state index in [2.05, 4.69) is 34.1 Å². The molecule has 0 saturated carbocycles. The molecular formula is C25H34F3N7O3. The number of aromatic amines is 1. The fourth-order valence-corrected chi connectivity index (χ4v) is 3.73. The average Bonchev–Trinajstić information content (AvgIpc) is 3.41. The first-order valence-corrected chi connectivity index (χ1v) is 12.5. The van der Waals surface area contributed by atoms with Gasteiger partial charge < -0.3 is 19.9 Å². The van der Waals surface area contributed by atoms with Gasteiger partial charge in [0.2, 0.25) is 5.91 Å². The first-order valence-electron chi connectivity index (χ1n) is 12.5. The van der Waals surface area contributed by atoms with E-state index >= 15 is 0 Å². The van der Waals surface area contributed by atoms with Gasteiger partial charge in [0.25, 0.3) is 5.56 Å². The summed E-state index contributed by atoms with van der Waals surface area (Å²) >= 11 is 0. The fourth-order valence-electron chi connectivity index (χ4n) is 3.73. The van der Waals surface area contributed by atoms with E-state index in [1.54, 1.807) is 24.3 Å². The average molecular weight is 538 g/mol. The van der Waals surface area contributed by atoms with E-state index < -0.39 is 17.3 Å². The number of H-pyrrole nitrogens is 1. The normalized spacial score (nSPS) is 16.9. The number of amides is 1. The Hall–Kier alpha value is -3.66. The Morgan fingerprint density at radius 2 is 1.92 bits per heavy atom. The van der Waals surface area contributed by atoms with E-state index in [9.17, 15) is 22.8 Å². The molecule has 2 aliphatic heterocycles. The van der Waals surface area contributed by atoms with E-state index in [1.165, 1.54) is 6.42 Å². The van der Waals surface area contributed by atoms with Crippen LogP contribution >= 0.6 is 0 Å². The molecule has 2 aromatic heterocycles. The summed E-state index contributed by atoms with van der Waals surface area (Å²) in [5.74, 6) is 0.990. The third-order valence-corrected chi connectivity index (χ3v) is 5.61. The summed E-state index contributed by atoms with van der Waals surface area (Å²) in [6.45, 7) is 9.74. The van der Waals surface area contributed by atoms with Crippen LogP contribution in [0.15, 0.2) is 29.3 Å². The van der Waals surface area contributed by atoms with Crippen molar-refractivity contribution in [2.24, 2.45) is 0 Å². The number of rotatable bonds is 4. The van der Waals surface area contributed by atoms with Crippen LogP contribution in [-0.2, 0) is 15.7 Å². The molecule has 13 heteroatoms. The van der Waals surface area contributed by atoms with Gasteiger partial charge in [0.15, 0.2) is 0 Å². The largest absolute Gasteiger partial charge is 0.423 e. The van der Waals surface area contributed by atoms with Crippen molar-refractivity contribution < 1.29 is 22.7 Å². The zero-order valence-corrected chi connectivity index (χ0v) is 21.8. The Labute approximate surface area is 219 Å². The van der Waals surface area contributed by atoms with Crippen LogP contribution in [0.3, 0.4) is 0 Å². The molecular weight excluding hydrogens is 503 g/mol. The number of halogens is 3. The minimum atomic E-state index is -4.71. The second-order valence-electron chi connectivity index (χ2n) is 8.72. The van der Waals surface area contributed by atoms with Crippen molar-refractivity contribution in [3.63, 3.8) is 0 Å². The maximum absolute atomic E-state index is 12.7. The number of alkyl halides is 3. The molecule has 0 aliphatic carbocycles. The van der Waals surface area contributed by atoms with Gasteiger partial charge in [-0.05, 0) is 25.0 Å². The highest BCUT2D eigenvalue weighted by molar-refractivity contribution is 5.73. The Morgan fingerprint density at radius 1 is 1.24 bits per heavy atom. The van der Waals surface area contributed by atoms with Crippen LogP contribution in [0.4, 0.5) is 24.7 Å². The van der Waals surface area contributed by atoms with Gasteiger partial charge in [0, 0.05) is 52.5 Å². The van der Waals surface area contributed by atoms with Crippen LogP contribution < -0.4 is 15.8 Å². The topological polar surface area (TPSA) is 127 Å². The Bertz CT molecular complexity index is 1100. The van der Waals surface area contributed by atoms with Crippen molar-refractivity contribution in [3.05, 3.63) is 46.0 Å². The smallest absolute Gasteiger partial charge is 0.380 e. The molecule has 0 radical (unpaired) electrons. The highest BCUT2D eigenvalue weighted by Crippen LogP contribution is 2.31. The summed E-state index contributed by atoms with van der Waals surface area (Å²) in [5, 5.41) is 16.4. The van der Waals surface area contributed by atoms with Crippen molar-refractivity contribution in [2.75, 3.05) is 49.5 Å². The zero-order valence-electron chi connectivity index (χ0n) is 21.8. The van der Waals surface area contributed by atoms with Gasteiger partial charge in [0.1, 0.15) is 17.5 Å². The molecule has 1 unspecified atom stereocenters. The van der Waals surface area contributed by atoms with E-state index in [0.29, 0.717) is 12.2 Å². The van der Waals surface area contributed by atoms with Crippen LogP contribution in [0.25, 0.3) is 0 Å². The van der Waals surface area contributed by atoms with Gasteiger partial charge in [-0.2, -0.15) is 23.5 Å². The van der Waals surface area contributed by atoms with Crippen molar-refractivity contribution in [1.82, 2.24) is 20.1 Å². The molecule has 0 bridgehead atoms. The highest BCUT2D eigenvalue weighted by Gasteiger charge is 2.37. The molecule has 0 aromatic carbocycles. The second-order valence-corrected chi connectivity index (χ2v) is 8.72. The van der Waals surface area contributed by atoms with E-state index in [0.717, 1.165) is 51.0 Å². The standard InChI is InChI=1S/C12H14N4O.C10H12F3N3O2.C3H8/c1-10(17)15-4-6-16(7-5-15)12-3-2-11(8-13)9-14-12;11-10(12,13)8-7(5-15-16-9(8)17)14-4-6-2-1-3-18-6;1-3-2/h2-3,9H,4-7H2,1H3;5-6H,1-4H2,(H2,14,16,17);3H2,1-2H3. The number of nitrogens with zero attached hydrogens (tertiary/aromatic N) is 5. The number of aromatic nitrogens is 3. The predicted octanol–water partition coefficient (Wildman–Crippen LogP) is 3.42. The van der Waals surface area contributed by atoms with Gasteiger partial charge in [-0.1, -0.05) is 20.3 Å². The predicted molar refractivity (Wildman–Crippen MR) is 137 cm³/mol. The first-order chi connectivity index (χ1) is 18.1. The lowest BCUT2D eigenvalue weighted by molar-refractivity contribution is -0.138. The molecule has 4 heterocycles. The summed E-state index contributed by atoms with van der Waals surface area (Å²) in [6, 6.07) is 5.66. The number of hydrogen-bond acceptors (Lipinski definition) is 8. The summed E-state index contributed by atoms with van der Waals surface area (Å²) < 4.78 is 43.4. The second kappa shape index (κ2) is 14.9. The number of pyridine rings is 1. The van der Waals surface area contributed by atoms with Gasteiger partial charge in [-0.3, -0.25) is 9.59 Å². The molecule has 208 valence electrons. The Balaban J connectivity index is 0.000000242. The molecule has 10 nitrogen and oxygen atoms in total. The summed E-state index contributed by atoms with van der Waals surface area (Å²) in [5.41, 5.74) is -2.26. The lowest BCUT2D eigenvalue weighted by atomic mass is 10.2. The number of carbonyl (C=O) groups is 1. The maximum atomic E-state index is 12.7. The summed E-state index contributed by atoms with van der Waals surface area (Å²) in [4.78, 5) is 30.6. The number of anilines is 2. The SMILES string of the molecule is CC(=O)N1CCN(c2ccc(C#N)cn2)CC1.CCC.O=c1[nH]ncc(NCC2CCCO2)c1C(F)(F)F. The van der Waals surface area contributed by atoms with Crippen LogP contribution in [0.2, 0.25) is 0 Å². The van der Waals surface area contributed by atoms with Gasteiger partial charge in [-0.25, -0.2) is 10.1 Å². The zero-order chi connectivity index (χ0) is 28.1. The molecule has 0 spiro atoms. The third-order valence-electron chi connectivity index (χ3n) is 5.61. The molecule has 2 saturated heterocycles. The lowest BCUT2D eigenvalue weighted by Crippen LogP contribution is -2.48. The number of carbonyl (C=O) groups excluding carboxylic acids is 1. The van der Waals surface area contributed by atoms with E-state index in [-0.39, 0.29) is 24.2 Å². The van der Waals surface area contributed by atoms with Crippen molar-refractivity contribution >= 4 is 17.4 Å². The minimum absolute atomic E-state index is 0.120. The number of ether oxygens (including phenoxy) is 1. The quantitative estimate of drug-likeness (QED) is 0.608. The van der Waals surface area contributed by atoms with Crippen molar-refractivity contribution in [1.29, 1.82) is 5.26 Å². The summed E-state index contributed by atoms with van der Waals surface area (Å²) in [6.07, 6.45) is 0.642. The molecule has 2 N–H and O–H groups in total. The van der Waals surface area contributed by atoms with Gasteiger partial charge >= 0.3 is 6.18 Å². The van der Waals surface area contributed by atoms with Crippen LogP contribution in [0, 0.1) is 11.3 Å². The van der Waals surface area contributed by atoms with Crippen molar-refractivity contribution in [2.45, 2.75) is 52.3 Å². The van der Waals surface area contributed by atoms with Crippen LogP contribution in [-0.4, -0.2) is 71.4 Å². The Morgan fingerprint density at radius 3 is 2.42 bits per heavy atom. The lowest BCUT2D eigenvalue weighted by Gasteiger charge is -2.34. The number of nitrogens with one attached hydrogen (secondary N) is 2. The molecule has 1 atom stereocenters. The number of nitriles is 1.